The summed E-state index contributed by atoms with van der Waals surface area (Å²) >= 11 is 0. The van der Waals surface area contributed by atoms with Gasteiger partial charge < -0.3 is 32.1 Å². The smallest absolute Gasteiger partial charge is 0.124 e. The molecule has 0 spiro atoms. The van der Waals surface area contributed by atoms with Gasteiger partial charge in [-0.05, 0) is 117 Å². The van der Waals surface area contributed by atoms with Gasteiger partial charge in [0.2, 0.25) is 0 Å². The molecule has 3 rings (SSSR count). The minimum Gasteiger partial charge on any atom is -0.744 e. The van der Waals surface area contributed by atoms with E-state index in [2.05, 4.69) is 0 Å². The number of rotatable bonds is 6. The summed E-state index contributed by atoms with van der Waals surface area (Å²) < 4.78 is 108. The second-order valence-electron chi connectivity index (χ2n) is 8.91. The Morgan fingerprint density at radius 3 is 0.800 bits per heavy atom. The Bertz CT molecular complexity index is 1570. The molecule has 3 aromatic carbocycles. The van der Waals surface area contributed by atoms with Gasteiger partial charge in [0.15, 0.2) is 0 Å². The zero-order chi connectivity index (χ0) is 28.2. The normalized spacial score (nSPS) is 11.8. The molecule has 0 saturated heterocycles. The molecule has 0 aromatic heterocycles. The van der Waals surface area contributed by atoms with Crippen molar-refractivity contribution in [3.8, 4) is 0 Å². The summed E-state index contributed by atoms with van der Waals surface area (Å²) in [4.78, 5) is -1.45. The average Bonchev–Trinajstić information content (AvgIpc) is 2.69. The SMILES string of the molecule is Cc1cc(C)c(S(=O)(=O)[O-])cc1P(c1cc(S(=O)(=O)[O-])c(C)cc1C)c1cc(S(=O)(=O)[O-])c(C)cc1C.[NH4+].[NH4+].[NH4+]. The minimum atomic E-state index is -4.90. The first-order valence-corrected chi connectivity index (χ1v) is 16.3. The second kappa shape index (κ2) is 12.7. The Morgan fingerprint density at radius 2 is 0.625 bits per heavy atom. The zero-order valence-corrected chi connectivity index (χ0v) is 27.2. The van der Waals surface area contributed by atoms with Crippen LogP contribution in [-0.4, -0.2) is 38.9 Å². The van der Waals surface area contributed by atoms with Gasteiger partial charge in [-0.3, -0.25) is 0 Å². The summed E-state index contributed by atoms with van der Waals surface area (Å²) in [6.45, 7) is 9.39. The number of quaternary nitrogens is 3. The van der Waals surface area contributed by atoms with Gasteiger partial charge in [-0.1, -0.05) is 18.2 Å². The Labute approximate surface area is 237 Å². The Kier molecular flexibility index (Phi) is 12.0. The number of hydrogen-bond acceptors (Lipinski definition) is 9. The maximum Gasteiger partial charge on any atom is 0.124 e. The van der Waals surface area contributed by atoms with E-state index in [0.717, 1.165) is 0 Å². The lowest BCUT2D eigenvalue weighted by molar-refractivity contribution is 0.460. The third kappa shape index (κ3) is 7.50. The Morgan fingerprint density at radius 1 is 0.425 bits per heavy atom. The molecule has 3 aromatic rings. The van der Waals surface area contributed by atoms with Gasteiger partial charge in [-0.15, -0.1) is 0 Å². The summed E-state index contributed by atoms with van der Waals surface area (Å²) in [5, 5.41) is 0.993. The lowest BCUT2D eigenvalue weighted by Crippen LogP contribution is -2.28. The summed E-state index contributed by atoms with van der Waals surface area (Å²) in [7, 11) is -16.6. The lowest BCUT2D eigenvalue weighted by Gasteiger charge is -2.28. The summed E-state index contributed by atoms with van der Waals surface area (Å²) in [6, 6.07) is 8.10. The molecule has 0 radical (unpaired) electrons. The van der Waals surface area contributed by atoms with Crippen LogP contribution >= 0.6 is 7.92 Å². The van der Waals surface area contributed by atoms with Crippen molar-refractivity contribution in [3.05, 3.63) is 69.8 Å². The molecule has 224 valence electrons. The van der Waals surface area contributed by atoms with Crippen LogP contribution in [0.5, 0.6) is 0 Å². The Balaban J connectivity index is 0.00000507. The van der Waals surface area contributed by atoms with Crippen molar-refractivity contribution in [1.82, 2.24) is 18.5 Å². The Hall–Kier alpha value is -2.30. The largest absolute Gasteiger partial charge is 0.744 e. The number of benzene rings is 3. The standard InChI is InChI=1S/C24H27O9PS3.3H3N/c1-13-7-16(4)22(35(25,26)27)10-19(13)34(20-11-23(36(28,29)30)17(5)8-14(20)2)21-12-24(37(31,32)33)18(6)9-15(21)3;;;/h7-12H,1-6H3,(H,25,26,27)(H,28,29,30)(H,31,32,33);3*1H3. The van der Waals surface area contributed by atoms with Gasteiger partial charge in [0.05, 0.1) is 14.7 Å². The van der Waals surface area contributed by atoms with Crippen LogP contribution in [0.25, 0.3) is 0 Å². The predicted molar refractivity (Wildman–Crippen MR) is 155 cm³/mol. The van der Waals surface area contributed by atoms with E-state index in [4.69, 9.17) is 0 Å². The average molecular weight is 638 g/mol. The first-order valence-electron chi connectivity index (χ1n) is 10.7. The van der Waals surface area contributed by atoms with E-state index in [0.29, 0.717) is 32.6 Å². The van der Waals surface area contributed by atoms with Crippen LogP contribution in [0.3, 0.4) is 0 Å². The van der Waals surface area contributed by atoms with Gasteiger partial charge >= 0.3 is 0 Å². The molecule has 12 nitrogen and oxygen atoms in total. The van der Waals surface area contributed by atoms with Crippen LogP contribution in [-0.2, 0) is 30.4 Å². The predicted octanol–water partition coefficient (Wildman–Crippen LogP) is 3.14. The molecule has 0 aliphatic carbocycles. The fraction of sp³-hybridized carbons (Fsp3) is 0.250. The summed E-state index contributed by atoms with van der Waals surface area (Å²) in [5.74, 6) is 0. The van der Waals surface area contributed by atoms with Crippen LogP contribution in [0.15, 0.2) is 51.1 Å². The zero-order valence-electron chi connectivity index (χ0n) is 23.8. The highest BCUT2D eigenvalue weighted by Crippen LogP contribution is 2.40. The molecular weight excluding hydrogens is 601 g/mol. The van der Waals surface area contributed by atoms with Gasteiger partial charge in [-0.2, -0.15) is 0 Å². The molecule has 0 aliphatic rings. The molecule has 0 heterocycles. The van der Waals surface area contributed by atoms with E-state index >= 15 is 0 Å². The highest BCUT2D eigenvalue weighted by molar-refractivity contribution is 7.86. The van der Waals surface area contributed by atoms with Crippen molar-refractivity contribution in [2.75, 3.05) is 0 Å². The molecule has 0 saturated carbocycles. The van der Waals surface area contributed by atoms with Crippen LogP contribution in [0.1, 0.15) is 33.4 Å². The van der Waals surface area contributed by atoms with Crippen LogP contribution in [0.2, 0.25) is 0 Å². The molecule has 12 N–H and O–H groups in total. The monoisotopic (exact) mass is 637 g/mol. The van der Waals surface area contributed by atoms with Gasteiger partial charge in [0, 0.05) is 0 Å². The molecule has 0 unspecified atom stereocenters. The summed E-state index contributed by atoms with van der Waals surface area (Å²) in [5.41, 5.74) is 2.27. The second-order valence-corrected chi connectivity index (χ2v) is 15.1. The maximum absolute atomic E-state index is 12.0. The van der Waals surface area contributed by atoms with Crippen molar-refractivity contribution in [3.63, 3.8) is 0 Å². The summed E-state index contributed by atoms with van der Waals surface area (Å²) in [6.07, 6.45) is 0. The van der Waals surface area contributed by atoms with E-state index in [9.17, 15) is 38.9 Å². The first kappa shape index (κ1) is 37.7. The van der Waals surface area contributed by atoms with Gasteiger partial charge in [0.25, 0.3) is 0 Å². The minimum absolute atomic E-state index is 0. The number of aryl methyl sites for hydroxylation is 6. The van der Waals surface area contributed by atoms with Crippen LogP contribution in [0, 0.1) is 41.5 Å². The van der Waals surface area contributed by atoms with Gasteiger partial charge in [-0.25, -0.2) is 25.3 Å². The molecule has 0 bridgehead atoms. The molecular formula is C24H36N3O9PS3. The molecule has 0 amide bonds. The third-order valence-electron chi connectivity index (χ3n) is 6.01. The van der Waals surface area contributed by atoms with Crippen molar-refractivity contribution >= 4 is 54.2 Å². The topological polar surface area (TPSA) is 281 Å². The quantitative estimate of drug-likeness (QED) is 0.264. The highest BCUT2D eigenvalue weighted by Gasteiger charge is 2.27. The van der Waals surface area contributed by atoms with E-state index in [1.54, 1.807) is 20.8 Å². The maximum atomic E-state index is 12.0. The van der Waals surface area contributed by atoms with Gasteiger partial charge in [0.1, 0.15) is 30.4 Å². The molecule has 16 heteroatoms. The van der Waals surface area contributed by atoms with E-state index < -0.39 is 53.0 Å². The lowest BCUT2D eigenvalue weighted by atomic mass is 10.1. The molecule has 0 aliphatic heterocycles. The first-order chi connectivity index (χ1) is 16.7. The van der Waals surface area contributed by atoms with E-state index in [1.165, 1.54) is 57.2 Å². The van der Waals surface area contributed by atoms with Crippen LogP contribution < -0.4 is 34.4 Å². The molecule has 0 fully saturated rings. The molecule has 40 heavy (non-hydrogen) atoms. The van der Waals surface area contributed by atoms with Crippen molar-refractivity contribution in [2.24, 2.45) is 0 Å². The third-order valence-corrected chi connectivity index (χ3v) is 11.8. The van der Waals surface area contributed by atoms with Crippen molar-refractivity contribution < 1.29 is 38.9 Å². The molecule has 0 atom stereocenters. The number of hydrogen-bond donors (Lipinski definition) is 3. The van der Waals surface area contributed by atoms with E-state index in [1.807, 2.05) is 0 Å². The highest BCUT2D eigenvalue weighted by atomic mass is 32.2. The van der Waals surface area contributed by atoms with E-state index in [-0.39, 0.29) is 35.1 Å². The fourth-order valence-electron chi connectivity index (χ4n) is 4.39. The van der Waals surface area contributed by atoms with Crippen molar-refractivity contribution in [2.45, 2.75) is 56.2 Å². The fourth-order valence-corrected chi connectivity index (χ4v) is 9.60. The van der Waals surface area contributed by atoms with Crippen molar-refractivity contribution in [1.29, 1.82) is 0 Å². The van der Waals surface area contributed by atoms with Crippen LogP contribution in [0.4, 0.5) is 0 Å².